The van der Waals surface area contributed by atoms with Crippen molar-refractivity contribution in [3.63, 3.8) is 0 Å². The fourth-order valence-corrected chi connectivity index (χ4v) is 2.43. The van der Waals surface area contributed by atoms with E-state index in [1.54, 1.807) is 16.9 Å². The van der Waals surface area contributed by atoms with Crippen LogP contribution in [0.3, 0.4) is 0 Å². The zero-order valence-electron chi connectivity index (χ0n) is 12.1. The summed E-state index contributed by atoms with van der Waals surface area (Å²) in [5, 5.41) is 7.93. The minimum atomic E-state index is -0.279. The van der Waals surface area contributed by atoms with Crippen LogP contribution in [-0.2, 0) is 0 Å². The molecule has 23 heavy (non-hydrogen) atoms. The number of fused-ring (bicyclic) bond motifs is 1. The number of carbonyl (C=O) groups excluding carboxylic acids is 1. The Morgan fingerprint density at radius 3 is 2.78 bits per heavy atom. The summed E-state index contributed by atoms with van der Waals surface area (Å²) in [5.41, 5.74) is 2.25. The first-order valence-electron chi connectivity index (χ1n) is 7.20. The molecule has 0 saturated carbocycles. The first kappa shape index (κ1) is 13.3. The Kier molecular flexibility index (Phi) is 3.16. The number of para-hydroxylation sites is 1. The molecule has 0 radical (unpaired) electrons. The molecule has 0 fully saturated rings. The van der Waals surface area contributed by atoms with Crippen molar-refractivity contribution in [1.29, 1.82) is 0 Å². The first-order valence-corrected chi connectivity index (χ1v) is 7.20. The number of rotatable bonds is 3. The average molecular weight is 303 g/mol. The second kappa shape index (κ2) is 5.46. The third-order valence-corrected chi connectivity index (χ3v) is 3.52. The zero-order valence-corrected chi connectivity index (χ0v) is 12.1. The van der Waals surface area contributed by atoms with Crippen molar-refractivity contribution >= 4 is 22.6 Å². The summed E-state index contributed by atoms with van der Waals surface area (Å²) in [6.45, 7) is 0. The van der Waals surface area contributed by atoms with Gasteiger partial charge in [-0.15, -0.1) is 0 Å². The van der Waals surface area contributed by atoms with Gasteiger partial charge >= 0.3 is 0 Å². The van der Waals surface area contributed by atoms with Gasteiger partial charge in [0.2, 0.25) is 0 Å². The molecule has 4 aromatic rings. The van der Waals surface area contributed by atoms with Gasteiger partial charge in [-0.1, -0.05) is 24.3 Å². The molecule has 4 rings (SSSR count). The van der Waals surface area contributed by atoms with Crippen LogP contribution >= 0.6 is 0 Å². The third-order valence-electron chi connectivity index (χ3n) is 3.52. The van der Waals surface area contributed by atoms with Crippen LogP contribution in [0.1, 0.15) is 10.6 Å². The molecule has 0 spiro atoms. The third kappa shape index (κ3) is 2.60. The van der Waals surface area contributed by atoms with Crippen LogP contribution in [0.5, 0.6) is 0 Å². The van der Waals surface area contributed by atoms with E-state index in [2.05, 4.69) is 10.4 Å². The van der Waals surface area contributed by atoms with Gasteiger partial charge in [0.15, 0.2) is 5.76 Å². The van der Waals surface area contributed by atoms with Crippen molar-refractivity contribution in [3.05, 3.63) is 78.8 Å². The molecule has 1 N–H and O–H groups in total. The maximum absolute atomic E-state index is 12.4. The van der Waals surface area contributed by atoms with E-state index < -0.39 is 0 Å². The molecule has 0 unspecified atom stereocenters. The number of nitrogens with one attached hydrogen (secondary N) is 1. The van der Waals surface area contributed by atoms with Gasteiger partial charge in [-0.3, -0.25) is 4.79 Å². The minimum Gasteiger partial charge on any atom is -0.451 e. The van der Waals surface area contributed by atoms with E-state index >= 15 is 0 Å². The number of nitrogens with zero attached hydrogens (tertiary/aromatic N) is 2. The highest BCUT2D eigenvalue weighted by Gasteiger charge is 2.12. The Morgan fingerprint density at radius 2 is 1.96 bits per heavy atom. The lowest BCUT2D eigenvalue weighted by atomic mass is 10.2. The molecular weight excluding hydrogens is 290 g/mol. The maximum Gasteiger partial charge on any atom is 0.291 e. The highest BCUT2D eigenvalue weighted by molar-refractivity contribution is 6.04. The van der Waals surface area contributed by atoms with Crippen LogP contribution in [0.4, 0.5) is 5.69 Å². The van der Waals surface area contributed by atoms with E-state index in [1.165, 1.54) is 0 Å². The molecule has 0 atom stereocenters. The van der Waals surface area contributed by atoms with Gasteiger partial charge in [0.25, 0.3) is 5.91 Å². The van der Waals surface area contributed by atoms with Crippen molar-refractivity contribution < 1.29 is 9.21 Å². The van der Waals surface area contributed by atoms with E-state index in [0.717, 1.165) is 11.1 Å². The minimum absolute atomic E-state index is 0.279. The van der Waals surface area contributed by atoms with Gasteiger partial charge in [0.05, 0.1) is 5.69 Å². The van der Waals surface area contributed by atoms with E-state index in [-0.39, 0.29) is 11.7 Å². The Labute approximate surface area is 132 Å². The second-order valence-corrected chi connectivity index (χ2v) is 5.10. The van der Waals surface area contributed by atoms with Gasteiger partial charge in [-0.2, -0.15) is 5.10 Å². The number of anilines is 1. The lowest BCUT2D eigenvalue weighted by Crippen LogP contribution is -2.11. The fourth-order valence-electron chi connectivity index (χ4n) is 2.43. The van der Waals surface area contributed by atoms with Gasteiger partial charge in [-0.25, -0.2) is 4.68 Å². The van der Waals surface area contributed by atoms with Crippen LogP contribution in [-0.4, -0.2) is 15.7 Å². The molecule has 1 amide bonds. The Bertz CT molecular complexity index is 938. The fraction of sp³-hybridized carbons (Fsp3) is 0. The number of carbonyl (C=O) groups is 1. The largest absolute Gasteiger partial charge is 0.451 e. The van der Waals surface area contributed by atoms with Crippen molar-refractivity contribution in [1.82, 2.24) is 9.78 Å². The SMILES string of the molecule is O=C(Nc1cccc(-n2cccn2)c1)c1cc2ccccc2o1. The molecule has 2 aromatic heterocycles. The molecule has 0 aliphatic heterocycles. The molecular formula is C18H13N3O2. The van der Waals surface area contributed by atoms with Gasteiger partial charge in [0, 0.05) is 23.5 Å². The van der Waals surface area contributed by atoms with E-state index in [0.29, 0.717) is 11.3 Å². The van der Waals surface area contributed by atoms with E-state index in [9.17, 15) is 4.79 Å². The molecule has 5 nitrogen and oxygen atoms in total. The summed E-state index contributed by atoms with van der Waals surface area (Å²) in [7, 11) is 0. The lowest BCUT2D eigenvalue weighted by Gasteiger charge is -2.06. The highest BCUT2D eigenvalue weighted by atomic mass is 16.3. The van der Waals surface area contributed by atoms with Crippen molar-refractivity contribution in [2.75, 3.05) is 5.32 Å². The molecule has 2 heterocycles. The zero-order chi connectivity index (χ0) is 15.6. The Hall–Kier alpha value is -3.34. The summed E-state index contributed by atoms with van der Waals surface area (Å²) in [5.74, 6) is 0.00880. The first-order chi connectivity index (χ1) is 11.3. The number of hydrogen-bond donors (Lipinski definition) is 1. The molecule has 5 heteroatoms. The standard InChI is InChI=1S/C18H13N3O2/c22-18(17-11-13-5-1-2-8-16(13)23-17)20-14-6-3-7-15(12-14)21-10-4-9-19-21/h1-12H,(H,20,22). The van der Waals surface area contributed by atoms with Crippen LogP contribution in [0.2, 0.25) is 0 Å². The van der Waals surface area contributed by atoms with Crippen molar-refractivity contribution in [2.24, 2.45) is 0 Å². The molecule has 0 aliphatic carbocycles. The normalized spacial score (nSPS) is 10.8. The smallest absolute Gasteiger partial charge is 0.291 e. The van der Waals surface area contributed by atoms with Gasteiger partial charge in [0.1, 0.15) is 5.58 Å². The lowest BCUT2D eigenvalue weighted by molar-refractivity contribution is 0.0998. The quantitative estimate of drug-likeness (QED) is 0.625. The predicted molar refractivity (Wildman–Crippen MR) is 87.7 cm³/mol. The monoisotopic (exact) mass is 303 g/mol. The molecule has 0 bridgehead atoms. The van der Waals surface area contributed by atoms with Gasteiger partial charge in [-0.05, 0) is 36.4 Å². The summed E-state index contributed by atoms with van der Waals surface area (Å²) < 4.78 is 7.31. The predicted octanol–water partition coefficient (Wildman–Crippen LogP) is 3.87. The van der Waals surface area contributed by atoms with Crippen LogP contribution < -0.4 is 5.32 Å². The molecule has 2 aromatic carbocycles. The van der Waals surface area contributed by atoms with Crippen LogP contribution in [0.25, 0.3) is 16.7 Å². The number of furan rings is 1. The summed E-state index contributed by atoms with van der Waals surface area (Å²) >= 11 is 0. The molecule has 112 valence electrons. The highest BCUT2D eigenvalue weighted by Crippen LogP contribution is 2.20. The number of aromatic nitrogens is 2. The van der Waals surface area contributed by atoms with E-state index in [4.69, 9.17) is 4.42 Å². The van der Waals surface area contributed by atoms with Crippen LogP contribution in [0, 0.1) is 0 Å². The molecule has 0 saturated heterocycles. The summed E-state index contributed by atoms with van der Waals surface area (Å²) in [6.07, 6.45) is 3.56. The van der Waals surface area contributed by atoms with Crippen LogP contribution in [0.15, 0.2) is 77.5 Å². The molecule has 0 aliphatic rings. The number of benzene rings is 2. The Balaban J connectivity index is 1.60. The maximum atomic E-state index is 12.4. The number of hydrogen-bond acceptors (Lipinski definition) is 3. The second-order valence-electron chi connectivity index (χ2n) is 5.10. The van der Waals surface area contributed by atoms with Crippen molar-refractivity contribution in [2.45, 2.75) is 0 Å². The van der Waals surface area contributed by atoms with Crippen molar-refractivity contribution in [3.8, 4) is 5.69 Å². The van der Waals surface area contributed by atoms with E-state index in [1.807, 2.05) is 60.8 Å². The Morgan fingerprint density at radius 1 is 1.04 bits per heavy atom. The summed E-state index contributed by atoms with van der Waals surface area (Å²) in [4.78, 5) is 12.4. The van der Waals surface area contributed by atoms with Gasteiger partial charge < -0.3 is 9.73 Å². The topological polar surface area (TPSA) is 60.1 Å². The number of amides is 1. The summed E-state index contributed by atoms with van der Waals surface area (Å²) in [6, 6.07) is 18.6. The average Bonchev–Trinajstić information content (AvgIpc) is 3.24.